The number of hydrogen-bond donors (Lipinski definition) is 2. The average Bonchev–Trinajstić information content (AvgIpc) is 2.99. The smallest absolute Gasteiger partial charge is 0.0614 e. The largest absolute Gasteiger partial charge is 0.394 e. The normalized spacial score (nSPS) is 33.5. The third-order valence-electron chi connectivity index (χ3n) is 4.00. The summed E-state index contributed by atoms with van der Waals surface area (Å²) in [4.78, 5) is 0. The van der Waals surface area contributed by atoms with Crippen molar-refractivity contribution < 1.29 is 9.84 Å². The summed E-state index contributed by atoms with van der Waals surface area (Å²) in [5, 5.41) is 13.2. The van der Waals surface area contributed by atoms with E-state index in [9.17, 15) is 5.11 Å². The van der Waals surface area contributed by atoms with Gasteiger partial charge in [0.15, 0.2) is 0 Å². The predicted octanol–water partition coefficient (Wildman–Crippen LogP) is 2.08. The number of ether oxygens (including phenoxy) is 1. The Morgan fingerprint density at radius 2 is 2.12 bits per heavy atom. The van der Waals surface area contributed by atoms with Crippen LogP contribution in [0, 0.1) is 5.92 Å². The van der Waals surface area contributed by atoms with E-state index >= 15 is 0 Å². The zero-order chi connectivity index (χ0) is 12.3. The molecular weight excluding hydrogens is 214 g/mol. The molecule has 0 aromatic rings. The summed E-state index contributed by atoms with van der Waals surface area (Å²) in [5.41, 5.74) is -0.0380. The van der Waals surface area contributed by atoms with Gasteiger partial charge in [0.1, 0.15) is 0 Å². The van der Waals surface area contributed by atoms with Crippen molar-refractivity contribution in [3.63, 3.8) is 0 Å². The maximum atomic E-state index is 9.61. The minimum Gasteiger partial charge on any atom is -0.394 e. The molecule has 0 amide bonds. The molecule has 2 saturated carbocycles. The molecule has 17 heavy (non-hydrogen) atoms. The zero-order valence-electron chi connectivity index (χ0n) is 11.2. The minimum atomic E-state index is -0.0380. The summed E-state index contributed by atoms with van der Waals surface area (Å²) in [6.45, 7) is 5.58. The fraction of sp³-hybridized carbons (Fsp3) is 1.00. The van der Waals surface area contributed by atoms with E-state index in [-0.39, 0.29) is 12.1 Å². The third kappa shape index (κ3) is 3.94. The van der Waals surface area contributed by atoms with Gasteiger partial charge in [-0.1, -0.05) is 13.8 Å². The topological polar surface area (TPSA) is 41.5 Å². The van der Waals surface area contributed by atoms with Gasteiger partial charge in [-0.05, 0) is 44.4 Å². The van der Waals surface area contributed by atoms with Crippen LogP contribution in [0.25, 0.3) is 0 Å². The van der Waals surface area contributed by atoms with E-state index in [0.717, 1.165) is 32.3 Å². The number of nitrogens with one attached hydrogen (secondary N) is 1. The third-order valence-corrected chi connectivity index (χ3v) is 4.00. The maximum absolute atomic E-state index is 9.61. The molecule has 0 bridgehead atoms. The lowest BCUT2D eigenvalue weighted by molar-refractivity contribution is 0.0406. The molecule has 2 aliphatic carbocycles. The lowest BCUT2D eigenvalue weighted by atomic mass is 9.98. The van der Waals surface area contributed by atoms with Gasteiger partial charge in [-0.2, -0.15) is 0 Å². The molecule has 3 nitrogen and oxygen atoms in total. The van der Waals surface area contributed by atoms with E-state index in [0.29, 0.717) is 18.1 Å². The van der Waals surface area contributed by atoms with Crippen LogP contribution in [0.15, 0.2) is 0 Å². The van der Waals surface area contributed by atoms with Gasteiger partial charge in [-0.15, -0.1) is 0 Å². The number of aliphatic hydroxyl groups excluding tert-OH is 1. The molecule has 0 heterocycles. The molecule has 100 valence electrons. The lowest BCUT2D eigenvalue weighted by Crippen LogP contribution is -2.48. The molecule has 2 unspecified atom stereocenters. The molecular formula is C14H27NO2. The molecule has 2 fully saturated rings. The highest BCUT2D eigenvalue weighted by Gasteiger charge is 2.42. The van der Waals surface area contributed by atoms with E-state index in [1.807, 2.05) is 0 Å². The van der Waals surface area contributed by atoms with Crippen molar-refractivity contribution in [1.29, 1.82) is 0 Å². The molecule has 0 aromatic carbocycles. The Kier molecular flexibility index (Phi) is 4.45. The second-order valence-electron chi connectivity index (χ2n) is 6.28. The van der Waals surface area contributed by atoms with Crippen LogP contribution in [0.4, 0.5) is 0 Å². The summed E-state index contributed by atoms with van der Waals surface area (Å²) >= 11 is 0. The van der Waals surface area contributed by atoms with Crippen molar-refractivity contribution in [3.05, 3.63) is 0 Å². The van der Waals surface area contributed by atoms with Crippen molar-refractivity contribution in [2.24, 2.45) is 5.92 Å². The number of rotatable bonds is 7. The van der Waals surface area contributed by atoms with Gasteiger partial charge < -0.3 is 15.2 Å². The van der Waals surface area contributed by atoms with Crippen LogP contribution in [0.5, 0.6) is 0 Å². The minimum absolute atomic E-state index is 0.0380. The Hall–Kier alpha value is -0.120. The Morgan fingerprint density at radius 3 is 2.71 bits per heavy atom. The summed E-state index contributed by atoms with van der Waals surface area (Å²) in [5.74, 6) is 0.712. The highest BCUT2D eigenvalue weighted by atomic mass is 16.5. The molecule has 2 aliphatic rings. The SMILES string of the molecule is CC(C)CCOC1CCC(CO)(NC2CC2)C1. The lowest BCUT2D eigenvalue weighted by Gasteiger charge is -2.28. The van der Waals surface area contributed by atoms with Gasteiger partial charge in [-0.25, -0.2) is 0 Å². The standard InChI is InChI=1S/C14H27NO2/c1-11(2)6-8-17-13-5-7-14(9-13,10-16)15-12-3-4-12/h11-13,15-16H,3-10H2,1-2H3. The molecule has 2 N–H and O–H groups in total. The molecule has 0 saturated heterocycles. The summed E-state index contributed by atoms with van der Waals surface area (Å²) < 4.78 is 5.92. The van der Waals surface area contributed by atoms with Crippen LogP contribution in [0.1, 0.15) is 52.4 Å². The fourth-order valence-corrected chi connectivity index (χ4v) is 2.67. The molecule has 3 heteroatoms. The zero-order valence-corrected chi connectivity index (χ0v) is 11.2. The Morgan fingerprint density at radius 1 is 1.35 bits per heavy atom. The number of aliphatic hydroxyl groups is 1. The van der Waals surface area contributed by atoms with Crippen LogP contribution in [0.2, 0.25) is 0 Å². The molecule has 2 atom stereocenters. The first-order valence-electron chi connectivity index (χ1n) is 7.14. The van der Waals surface area contributed by atoms with Gasteiger partial charge in [0.2, 0.25) is 0 Å². The van der Waals surface area contributed by atoms with E-state index in [1.165, 1.54) is 12.8 Å². The summed E-state index contributed by atoms with van der Waals surface area (Å²) in [7, 11) is 0. The van der Waals surface area contributed by atoms with Crippen molar-refractivity contribution >= 4 is 0 Å². The van der Waals surface area contributed by atoms with Gasteiger partial charge in [0, 0.05) is 18.2 Å². The van der Waals surface area contributed by atoms with Crippen molar-refractivity contribution in [2.45, 2.75) is 70.1 Å². The Balaban J connectivity index is 1.72. The maximum Gasteiger partial charge on any atom is 0.0614 e. The molecule has 2 rings (SSSR count). The van der Waals surface area contributed by atoms with Crippen molar-refractivity contribution in [1.82, 2.24) is 5.32 Å². The summed E-state index contributed by atoms with van der Waals surface area (Å²) in [6.07, 6.45) is 7.19. The predicted molar refractivity (Wildman–Crippen MR) is 69.0 cm³/mol. The van der Waals surface area contributed by atoms with E-state index in [2.05, 4.69) is 19.2 Å². The second-order valence-corrected chi connectivity index (χ2v) is 6.28. The summed E-state index contributed by atoms with van der Waals surface area (Å²) in [6, 6.07) is 0.663. The van der Waals surface area contributed by atoms with Crippen LogP contribution in [-0.2, 0) is 4.74 Å². The first kappa shape index (κ1) is 13.3. The molecule has 0 spiro atoms. The van der Waals surface area contributed by atoms with Gasteiger partial charge in [-0.3, -0.25) is 0 Å². The molecule has 0 radical (unpaired) electrons. The van der Waals surface area contributed by atoms with Crippen LogP contribution < -0.4 is 5.32 Å². The van der Waals surface area contributed by atoms with Crippen molar-refractivity contribution in [2.75, 3.05) is 13.2 Å². The van der Waals surface area contributed by atoms with Crippen molar-refractivity contribution in [3.8, 4) is 0 Å². The Bertz CT molecular complexity index is 240. The molecule has 0 aliphatic heterocycles. The Labute approximate surface area is 105 Å². The van der Waals surface area contributed by atoms with E-state index < -0.39 is 0 Å². The quantitative estimate of drug-likeness (QED) is 0.717. The highest BCUT2D eigenvalue weighted by Crippen LogP contribution is 2.35. The first-order chi connectivity index (χ1) is 8.13. The average molecular weight is 241 g/mol. The van der Waals surface area contributed by atoms with Gasteiger partial charge in [0.05, 0.1) is 12.7 Å². The van der Waals surface area contributed by atoms with E-state index in [1.54, 1.807) is 0 Å². The van der Waals surface area contributed by atoms with Crippen LogP contribution >= 0.6 is 0 Å². The van der Waals surface area contributed by atoms with Crippen LogP contribution in [0.3, 0.4) is 0 Å². The second kappa shape index (κ2) is 5.68. The number of hydrogen-bond acceptors (Lipinski definition) is 3. The van der Waals surface area contributed by atoms with Crippen LogP contribution in [-0.4, -0.2) is 36.0 Å². The monoisotopic (exact) mass is 241 g/mol. The van der Waals surface area contributed by atoms with Gasteiger partial charge >= 0.3 is 0 Å². The highest BCUT2D eigenvalue weighted by molar-refractivity contribution is 5.01. The molecule has 0 aromatic heterocycles. The van der Waals surface area contributed by atoms with Gasteiger partial charge in [0.25, 0.3) is 0 Å². The first-order valence-corrected chi connectivity index (χ1v) is 7.14. The fourth-order valence-electron chi connectivity index (χ4n) is 2.67. The van der Waals surface area contributed by atoms with E-state index in [4.69, 9.17) is 4.74 Å².